The zero-order chi connectivity index (χ0) is 27.2. The zero-order valence-corrected chi connectivity index (χ0v) is 21.7. The summed E-state index contributed by atoms with van der Waals surface area (Å²) < 4.78 is 13.6. The second-order valence-electron chi connectivity index (χ2n) is 10.5. The Balaban J connectivity index is 1.55. The summed E-state index contributed by atoms with van der Waals surface area (Å²) in [7, 11) is 0. The average Bonchev–Trinajstić information content (AvgIpc) is 3.62. The molecule has 6 atom stereocenters. The minimum atomic E-state index is -1.23. The van der Waals surface area contributed by atoms with Crippen molar-refractivity contribution in [2.75, 3.05) is 19.8 Å². The van der Waals surface area contributed by atoms with Gasteiger partial charge in [-0.3, -0.25) is 14.4 Å². The molecule has 2 amide bonds. The predicted molar refractivity (Wildman–Crippen MR) is 136 cm³/mol. The van der Waals surface area contributed by atoms with Crippen LogP contribution >= 0.6 is 0 Å². The number of amides is 2. The number of aromatic nitrogens is 3. The summed E-state index contributed by atoms with van der Waals surface area (Å²) in [6.45, 7) is 10.8. The topological polar surface area (TPSA) is 127 Å². The molecule has 5 rings (SSSR count). The van der Waals surface area contributed by atoms with Gasteiger partial charge in [-0.05, 0) is 38.8 Å². The highest BCUT2D eigenvalue weighted by Crippen LogP contribution is 2.63. The predicted octanol–water partition coefficient (Wildman–Crippen LogP) is 1.28. The van der Waals surface area contributed by atoms with E-state index in [0.29, 0.717) is 18.4 Å². The fourth-order valence-corrected chi connectivity index (χ4v) is 6.52. The van der Waals surface area contributed by atoms with Gasteiger partial charge in [-0.25, -0.2) is 4.68 Å². The van der Waals surface area contributed by atoms with Gasteiger partial charge in [0.2, 0.25) is 11.8 Å². The van der Waals surface area contributed by atoms with E-state index in [0.717, 1.165) is 5.52 Å². The van der Waals surface area contributed by atoms with E-state index >= 15 is 0 Å². The molecule has 2 bridgehead atoms. The number of aliphatic hydroxyl groups excluding tert-OH is 1. The van der Waals surface area contributed by atoms with Crippen LogP contribution in [-0.2, 0) is 30.5 Å². The van der Waals surface area contributed by atoms with Gasteiger partial charge in [-0.1, -0.05) is 36.1 Å². The number of benzene rings is 1. The van der Waals surface area contributed by atoms with Crippen molar-refractivity contribution in [1.29, 1.82) is 0 Å². The van der Waals surface area contributed by atoms with Crippen molar-refractivity contribution >= 4 is 28.8 Å². The second-order valence-corrected chi connectivity index (χ2v) is 10.5. The molecule has 38 heavy (non-hydrogen) atoms. The molecule has 11 heteroatoms. The molecule has 0 radical (unpaired) electrons. The maximum Gasteiger partial charge on any atom is 0.313 e. The van der Waals surface area contributed by atoms with Crippen LogP contribution in [-0.4, -0.2) is 90.7 Å². The molecule has 0 saturated carbocycles. The summed E-state index contributed by atoms with van der Waals surface area (Å²) in [6.07, 6.45) is 3.98. The largest absolute Gasteiger partial charge is 0.461 e. The van der Waals surface area contributed by atoms with Crippen LogP contribution in [0.15, 0.2) is 49.6 Å². The quantitative estimate of drug-likeness (QED) is 0.365. The van der Waals surface area contributed by atoms with E-state index in [4.69, 9.17) is 9.47 Å². The van der Waals surface area contributed by atoms with Crippen molar-refractivity contribution < 1.29 is 29.0 Å². The summed E-state index contributed by atoms with van der Waals surface area (Å²) in [5.74, 6) is -3.08. The Kier molecular flexibility index (Phi) is 6.60. The van der Waals surface area contributed by atoms with Crippen LogP contribution in [0, 0.1) is 11.8 Å². The van der Waals surface area contributed by atoms with E-state index in [1.54, 1.807) is 29.5 Å². The van der Waals surface area contributed by atoms with Crippen LogP contribution in [0.4, 0.5) is 0 Å². The van der Waals surface area contributed by atoms with Gasteiger partial charge < -0.3 is 24.4 Å². The number of ether oxygens (including phenoxy) is 2. The molecule has 202 valence electrons. The van der Waals surface area contributed by atoms with Crippen molar-refractivity contribution in [3.8, 4) is 0 Å². The van der Waals surface area contributed by atoms with Crippen molar-refractivity contribution in [3.05, 3.63) is 49.6 Å². The summed E-state index contributed by atoms with van der Waals surface area (Å²) in [5, 5.41) is 18.4. The van der Waals surface area contributed by atoms with Crippen molar-refractivity contribution in [1.82, 2.24) is 24.8 Å². The van der Waals surface area contributed by atoms with E-state index in [2.05, 4.69) is 23.5 Å². The number of hydrogen-bond donors (Lipinski definition) is 1. The Labute approximate surface area is 220 Å². The lowest BCUT2D eigenvalue weighted by atomic mass is 9.66. The van der Waals surface area contributed by atoms with Crippen molar-refractivity contribution in [3.63, 3.8) is 0 Å². The van der Waals surface area contributed by atoms with Crippen molar-refractivity contribution in [2.45, 2.75) is 56.6 Å². The van der Waals surface area contributed by atoms with Gasteiger partial charge in [-0.2, -0.15) is 0 Å². The number of aliphatic hydroxyl groups is 1. The molecule has 4 heterocycles. The summed E-state index contributed by atoms with van der Waals surface area (Å²) in [5.41, 5.74) is -0.732. The molecule has 2 unspecified atom stereocenters. The first kappa shape index (κ1) is 26.1. The van der Waals surface area contributed by atoms with E-state index in [1.165, 1.54) is 11.0 Å². The molecule has 3 saturated heterocycles. The molecule has 1 spiro atoms. The molecule has 3 aliphatic heterocycles. The van der Waals surface area contributed by atoms with E-state index < -0.39 is 47.0 Å². The minimum Gasteiger partial charge on any atom is -0.461 e. The first-order valence-corrected chi connectivity index (χ1v) is 12.8. The lowest BCUT2D eigenvalue weighted by Crippen LogP contribution is -2.58. The number of fused-ring (bicyclic) bond motifs is 2. The number of nitrogens with zero attached hydrogens (tertiary/aromatic N) is 5. The molecule has 3 fully saturated rings. The minimum absolute atomic E-state index is 0.0113. The first-order valence-electron chi connectivity index (χ1n) is 12.8. The highest BCUT2D eigenvalue weighted by molar-refractivity contribution is 5.98. The van der Waals surface area contributed by atoms with Crippen molar-refractivity contribution in [2.24, 2.45) is 11.8 Å². The normalized spacial score (nSPS) is 30.3. The van der Waals surface area contributed by atoms with Crippen LogP contribution in [0.3, 0.4) is 0 Å². The third-order valence-corrected chi connectivity index (χ3v) is 8.17. The lowest BCUT2D eigenvalue weighted by Gasteiger charge is -2.38. The zero-order valence-electron chi connectivity index (χ0n) is 21.7. The molecular weight excluding hydrogens is 490 g/mol. The van der Waals surface area contributed by atoms with E-state index in [9.17, 15) is 19.5 Å². The maximum atomic E-state index is 14.4. The van der Waals surface area contributed by atoms with Crippen LogP contribution in [0.1, 0.15) is 26.7 Å². The number of carbonyl (C=O) groups is 3. The summed E-state index contributed by atoms with van der Waals surface area (Å²) in [6, 6.07) is 5.70. The Morgan fingerprint density at radius 2 is 2.08 bits per heavy atom. The molecule has 3 aliphatic rings. The van der Waals surface area contributed by atoms with Gasteiger partial charge in [0, 0.05) is 6.54 Å². The standard InChI is InChI=1S/C27H33N5O6/c1-5-13-30(16-31-19-10-8-7-9-18(19)28-29-31)24(35)22-27-12-11-26(4,38-27)21(25(36)37-14-6-2)20(27)23(34)32(22)17(3)15-33/h5-10,17,20-22,33H,1-2,11-16H2,3-4H3/t17-,20+,21-,22?,26+,27?/m1/s1. The number of esters is 1. The molecule has 11 nitrogen and oxygen atoms in total. The van der Waals surface area contributed by atoms with Crippen LogP contribution in [0.2, 0.25) is 0 Å². The van der Waals surface area contributed by atoms with E-state index in [-0.39, 0.29) is 32.3 Å². The third-order valence-electron chi connectivity index (χ3n) is 8.17. The fourth-order valence-electron chi connectivity index (χ4n) is 6.52. The number of para-hydroxylation sites is 1. The maximum absolute atomic E-state index is 14.4. The Hall–Kier alpha value is -3.57. The molecule has 1 aromatic heterocycles. The van der Waals surface area contributed by atoms with Crippen LogP contribution in [0.5, 0.6) is 0 Å². The third kappa shape index (κ3) is 3.75. The van der Waals surface area contributed by atoms with Gasteiger partial charge >= 0.3 is 5.97 Å². The van der Waals surface area contributed by atoms with Gasteiger partial charge in [-0.15, -0.1) is 11.7 Å². The monoisotopic (exact) mass is 523 g/mol. The molecule has 1 N–H and O–H groups in total. The number of rotatable bonds is 10. The smallest absolute Gasteiger partial charge is 0.313 e. The van der Waals surface area contributed by atoms with Gasteiger partial charge in [0.05, 0.1) is 29.7 Å². The SMILES string of the molecule is C=CCOC(=O)[C@H]1[C@H]2C(=O)N([C@H](C)CO)C(C(=O)N(CC=C)Cn3nnc4ccccc43)C23CC[C@]1(C)O3. The van der Waals surface area contributed by atoms with Gasteiger partial charge in [0.25, 0.3) is 0 Å². The summed E-state index contributed by atoms with van der Waals surface area (Å²) in [4.78, 5) is 44.5. The second kappa shape index (κ2) is 9.63. The number of carbonyl (C=O) groups excluding carboxylic acids is 3. The molecular formula is C27H33N5O6. The van der Waals surface area contributed by atoms with Gasteiger partial charge in [0.1, 0.15) is 36.4 Å². The Morgan fingerprint density at radius 1 is 1.32 bits per heavy atom. The Bertz CT molecular complexity index is 1290. The average molecular weight is 524 g/mol. The van der Waals surface area contributed by atoms with E-state index in [1.807, 2.05) is 24.3 Å². The lowest BCUT2D eigenvalue weighted by molar-refractivity contribution is -0.161. The molecule has 2 aromatic rings. The number of likely N-dealkylation sites (tertiary alicyclic amines) is 1. The van der Waals surface area contributed by atoms with Crippen LogP contribution < -0.4 is 0 Å². The molecule has 1 aromatic carbocycles. The van der Waals surface area contributed by atoms with Crippen LogP contribution in [0.25, 0.3) is 11.0 Å². The highest BCUT2D eigenvalue weighted by atomic mass is 16.6. The summed E-state index contributed by atoms with van der Waals surface area (Å²) >= 11 is 0. The Morgan fingerprint density at radius 3 is 2.79 bits per heavy atom. The first-order chi connectivity index (χ1) is 18.2. The van der Waals surface area contributed by atoms with Gasteiger partial charge in [0.15, 0.2) is 0 Å². The molecule has 0 aliphatic carbocycles. The fraction of sp³-hybridized carbons (Fsp3) is 0.519. The number of hydrogen-bond acceptors (Lipinski definition) is 8. The highest BCUT2D eigenvalue weighted by Gasteiger charge is 2.78.